The Morgan fingerprint density at radius 3 is 2.53 bits per heavy atom. The lowest BCUT2D eigenvalue weighted by molar-refractivity contribution is 0.199. The van der Waals surface area contributed by atoms with Gasteiger partial charge in [0, 0.05) is 32.8 Å². The molecule has 96 valence electrons. The first-order valence-corrected chi connectivity index (χ1v) is 6.36. The fourth-order valence-electron chi connectivity index (χ4n) is 1.82. The summed E-state index contributed by atoms with van der Waals surface area (Å²) in [6, 6.07) is 11.1. The van der Waals surface area contributed by atoms with Crippen molar-refractivity contribution < 1.29 is 4.74 Å². The van der Waals surface area contributed by atoms with Crippen molar-refractivity contribution in [1.82, 2.24) is 10.6 Å². The number of nitrogens with one attached hydrogen (secondary N) is 2. The van der Waals surface area contributed by atoms with Crippen molar-refractivity contribution in [2.24, 2.45) is 0 Å². The van der Waals surface area contributed by atoms with Gasteiger partial charge in [-0.15, -0.1) is 0 Å². The Kier molecular flexibility index (Phi) is 7.63. The zero-order chi connectivity index (χ0) is 12.3. The van der Waals surface area contributed by atoms with Crippen LogP contribution in [-0.4, -0.2) is 33.4 Å². The van der Waals surface area contributed by atoms with Crippen molar-refractivity contribution in [2.75, 3.05) is 33.4 Å². The quantitative estimate of drug-likeness (QED) is 0.643. The Morgan fingerprint density at radius 2 is 1.88 bits per heavy atom. The van der Waals surface area contributed by atoms with Crippen LogP contribution >= 0.6 is 0 Å². The molecule has 0 heterocycles. The highest BCUT2D eigenvalue weighted by Gasteiger charge is 2.06. The molecule has 0 aliphatic carbocycles. The number of rotatable bonds is 9. The molecule has 1 unspecified atom stereocenters. The minimum atomic E-state index is 0.459. The van der Waals surface area contributed by atoms with Gasteiger partial charge in [0.1, 0.15) is 0 Å². The number of hydrogen-bond donors (Lipinski definition) is 2. The summed E-state index contributed by atoms with van der Waals surface area (Å²) in [5, 5.41) is 6.89. The van der Waals surface area contributed by atoms with Crippen molar-refractivity contribution in [3.05, 3.63) is 35.9 Å². The molecule has 0 aromatic heterocycles. The van der Waals surface area contributed by atoms with Crippen molar-refractivity contribution in [1.29, 1.82) is 0 Å². The van der Waals surface area contributed by atoms with Crippen LogP contribution in [0.4, 0.5) is 0 Å². The zero-order valence-corrected chi connectivity index (χ0v) is 10.9. The van der Waals surface area contributed by atoms with E-state index in [4.69, 9.17) is 4.74 Å². The maximum Gasteiger partial charge on any atom is 0.0587 e. The number of benzene rings is 1. The average Bonchev–Trinajstić information content (AvgIpc) is 2.39. The van der Waals surface area contributed by atoms with Crippen molar-refractivity contribution in [3.8, 4) is 0 Å². The normalized spacial score (nSPS) is 12.6. The summed E-state index contributed by atoms with van der Waals surface area (Å²) in [7, 11) is 1.72. The second-order valence-corrected chi connectivity index (χ2v) is 4.07. The van der Waals surface area contributed by atoms with Gasteiger partial charge in [-0.3, -0.25) is 0 Å². The summed E-state index contributed by atoms with van der Waals surface area (Å²) in [5.41, 5.74) is 1.37. The summed E-state index contributed by atoms with van der Waals surface area (Å²) < 4.78 is 4.98. The predicted octanol–water partition coefficient (Wildman–Crippen LogP) is 1.96. The molecule has 1 aromatic rings. The van der Waals surface area contributed by atoms with E-state index in [9.17, 15) is 0 Å². The molecular weight excluding hydrogens is 212 g/mol. The largest absolute Gasteiger partial charge is 0.383 e. The molecular formula is C14H24N2O. The monoisotopic (exact) mass is 236 g/mol. The summed E-state index contributed by atoms with van der Waals surface area (Å²) in [4.78, 5) is 0. The molecule has 3 heteroatoms. The molecule has 1 aromatic carbocycles. The Hall–Kier alpha value is -0.900. The summed E-state index contributed by atoms with van der Waals surface area (Å²) in [6.45, 7) is 5.86. The lowest BCUT2D eigenvalue weighted by Crippen LogP contribution is -2.31. The van der Waals surface area contributed by atoms with E-state index in [1.165, 1.54) is 5.56 Å². The van der Waals surface area contributed by atoms with E-state index >= 15 is 0 Å². The third-order valence-electron chi connectivity index (χ3n) is 2.79. The van der Waals surface area contributed by atoms with Gasteiger partial charge in [0.2, 0.25) is 0 Å². The third-order valence-corrected chi connectivity index (χ3v) is 2.79. The molecule has 1 atom stereocenters. The highest BCUT2D eigenvalue weighted by Crippen LogP contribution is 2.14. The Balaban J connectivity index is 2.20. The van der Waals surface area contributed by atoms with Crippen LogP contribution < -0.4 is 10.6 Å². The summed E-state index contributed by atoms with van der Waals surface area (Å²) in [6.07, 6.45) is 1.11. The van der Waals surface area contributed by atoms with Crippen molar-refractivity contribution >= 4 is 0 Å². The summed E-state index contributed by atoms with van der Waals surface area (Å²) in [5.74, 6) is 0. The van der Waals surface area contributed by atoms with E-state index < -0.39 is 0 Å². The smallest absolute Gasteiger partial charge is 0.0587 e. The van der Waals surface area contributed by atoms with E-state index in [0.29, 0.717) is 6.04 Å². The highest BCUT2D eigenvalue weighted by atomic mass is 16.5. The fourth-order valence-corrected chi connectivity index (χ4v) is 1.82. The maximum absolute atomic E-state index is 4.98. The van der Waals surface area contributed by atoms with E-state index in [-0.39, 0.29) is 0 Å². The summed E-state index contributed by atoms with van der Waals surface area (Å²) >= 11 is 0. The first-order valence-electron chi connectivity index (χ1n) is 6.36. The van der Waals surface area contributed by atoms with Crippen LogP contribution in [0.3, 0.4) is 0 Å². The molecule has 0 aliphatic rings. The highest BCUT2D eigenvalue weighted by molar-refractivity contribution is 5.18. The van der Waals surface area contributed by atoms with Crippen LogP contribution in [0.25, 0.3) is 0 Å². The molecule has 0 fully saturated rings. The molecule has 1 rings (SSSR count). The lowest BCUT2D eigenvalue weighted by atomic mass is 10.0. The van der Waals surface area contributed by atoms with Gasteiger partial charge >= 0.3 is 0 Å². The molecule has 0 saturated heterocycles. The topological polar surface area (TPSA) is 33.3 Å². The minimum absolute atomic E-state index is 0.459. The zero-order valence-electron chi connectivity index (χ0n) is 10.9. The Bertz CT molecular complexity index is 277. The predicted molar refractivity (Wildman–Crippen MR) is 72.2 cm³/mol. The lowest BCUT2D eigenvalue weighted by Gasteiger charge is -2.17. The van der Waals surface area contributed by atoms with Crippen LogP contribution in [0.1, 0.15) is 24.9 Å². The van der Waals surface area contributed by atoms with Gasteiger partial charge < -0.3 is 15.4 Å². The van der Waals surface area contributed by atoms with Gasteiger partial charge in [0.15, 0.2) is 0 Å². The van der Waals surface area contributed by atoms with Gasteiger partial charge in [-0.05, 0) is 12.0 Å². The van der Waals surface area contributed by atoms with Gasteiger partial charge in [-0.25, -0.2) is 0 Å². The van der Waals surface area contributed by atoms with Gasteiger partial charge in [0.05, 0.1) is 6.61 Å². The molecule has 3 nitrogen and oxygen atoms in total. The van der Waals surface area contributed by atoms with Gasteiger partial charge in [-0.1, -0.05) is 37.3 Å². The van der Waals surface area contributed by atoms with Crippen LogP contribution in [0, 0.1) is 0 Å². The Morgan fingerprint density at radius 1 is 1.12 bits per heavy atom. The van der Waals surface area contributed by atoms with Crippen LogP contribution in [-0.2, 0) is 4.74 Å². The van der Waals surface area contributed by atoms with Crippen molar-refractivity contribution in [3.63, 3.8) is 0 Å². The fraction of sp³-hybridized carbons (Fsp3) is 0.571. The van der Waals surface area contributed by atoms with Gasteiger partial charge in [0.25, 0.3) is 0 Å². The molecule has 2 N–H and O–H groups in total. The van der Waals surface area contributed by atoms with Crippen LogP contribution in [0.2, 0.25) is 0 Å². The molecule has 17 heavy (non-hydrogen) atoms. The van der Waals surface area contributed by atoms with Crippen LogP contribution in [0.15, 0.2) is 30.3 Å². The Labute approximate surface area is 105 Å². The second-order valence-electron chi connectivity index (χ2n) is 4.07. The molecule has 0 bridgehead atoms. The van der Waals surface area contributed by atoms with Crippen LogP contribution in [0.5, 0.6) is 0 Å². The molecule has 0 spiro atoms. The molecule has 0 saturated carbocycles. The van der Waals surface area contributed by atoms with E-state index in [0.717, 1.165) is 32.7 Å². The molecule has 0 amide bonds. The average molecular weight is 236 g/mol. The molecule has 0 radical (unpaired) electrons. The van der Waals surface area contributed by atoms with Crippen molar-refractivity contribution in [2.45, 2.75) is 19.4 Å². The third kappa shape index (κ3) is 5.82. The van der Waals surface area contributed by atoms with E-state index in [1.54, 1.807) is 7.11 Å². The second kappa shape index (κ2) is 9.16. The number of ether oxygens (including phenoxy) is 1. The van der Waals surface area contributed by atoms with Gasteiger partial charge in [-0.2, -0.15) is 0 Å². The SMILES string of the molecule is CCC(NCCNCCOC)c1ccccc1. The number of hydrogen-bond acceptors (Lipinski definition) is 3. The molecule has 0 aliphatic heterocycles. The first kappa shape index (κ1) is 14.2. The first-order chi connectivity index (χ1) is 8.38. The minimum Gasteiger partial charge on any atom is -0.383 e. The number of methoxy groups -OCH3 is 1. The standard InChI is InChI=1S/C14H24N2O/c1-3-14(13-7-5-4-6-8-13)16-10-9-15-11-12-17-2/h4-8,14-16H,3,9-12H2,1-2H3. The maximum atomic E-state index is 4.98. The van der Waals surface area contributed by atoms with E-state index in [2.05, 4.69) is 47.9 Å². The van der Waals surface area contributed by atoms with E-state index in [1.807, 2.05) is 0 Å².